The van der Waals surface area contributed by atoms with E-state index in [1.54, 1.807) is 67.5 Å². The van der Waals surface area contributed by atoms with E-state index in [1.165, 1.54) is 12.1 Å². The Hall–Kier alpha value is -4.19. The number of hydrogen-bond donors (Lipinski definition) is 1. The Morgan fingerprint density at radius 2 is 1.89 bits per heavy atom. The molecule has 0 aliphatic carbocycles. The molecule has 3 unspecified atom stereocenters. The summed E-state index contributed by atoms with van der Waals surface area (Å²) in [6.45, 7) is 1.72. The average molecular weight is 527 g/mol. The van der Waals surface area contributed by atoms with E-state index in [1.807, 2.05) is 6.07 Å². The van der Waals surface area contributed by atoms with E-state index in [4.69, 9.17) is 4.74 Å². The molecule has 3 aromatic rings. The molecular weight excluding hydrogens is 501 g/mol. The van der Waals surface area contributed by atoms with Crippen molar-refractivity contribution in [2.24, 2.45) is 4.99 Å². The second-order valence-corrected chi connectivity index (χ2v) is 9.12. The number of alkyl halides is 3. The van der Waals surface area contributed by atoms with Gasteiger partial charge >= 0.3 is 6.18 Å². The van der Waals surface area contributed by atoms with Gasteiger partial charge in [0, 0.05) is 13.5 Å². The van der Waals surface area contributed by atoms with Gasteiger partial charge in [-0.2, -0.15) is 18.3 Å². The van der Waals surface area contributed by atoms with Crippen LogP contribution in [0.4, 0.5) is 24.7 Å². The molecule has 12 heteroatoms. The van der Waals surface area contributed by atoms with E-state index >= 15 is 0 Å². The quantitative estimate of drug-likeness (QED) is 0.542. The topological polar surface area (TPSA) is 92.1 Å². The van der Waals surface area contributed by atoms with E-state index in [9.17, 15) is 22.8 Å². The zero-order valence-corrected chi connectivity index (χ0v) is 20.8. The number of aromatic nitrogens is 2. The third-order valence-corrected chi connectivity index (χ3v) is 6.87. The number of para-hydroxylation sites is 1. The summed E-state index contributed by atoms with van der Waals surface area (Å²) in [5.41, 5.74) is 0.993. The Kier molecular flexibility index (Phi) is 6.43. The SMILES string of the molecule is COc1cccc(C2CC(C(F)(F)F)n3ncc(C(=O)N=C4C(=O)N(c5ccccc5)N(C)C4C)c3N2)c1. The Balaban J connectivity index is 1.50. The van der Waals surface area contributed by atoms with Crippen LogP contribution < -0.4 is 15.1 Å². The zero-order valence-electron chi connectivity index (χ0n) is 20.8. The number of ether oxygens (including phenoxy) is 1. The number of carbonyl (C=O) groups is 2. The van der Waals surface area contributed by atoms with Crippen LogP contribution >= 0.6 is 0 Å². The average Bonchev–Trinajstić information content (AvgIpc) is 3.42. The van der Waals surface area contributed by atoms with Crippen LogP contribution in [0.25, 0.3) is 0 Å². The van der Waals surface area contributed by atoms with Gasteiger partial charge in [0.05, 0.1) is 31.1 Å². The molecule has 2 aromatic carbocycles. The molecule has 2 aliphatic rings. The highest BCUT2D eigenvalue weighted by Gasteiger charge is 2.47. The van der Waals surface area contributed by atoms with Gasteiger partial charge in [0.25, 0.3) is 11.8 Å². The lowest BCUT2D eigenvalue weighted by Gasteiger charge is -2.34. The molecular formula is C26H25F3N6O3. The number of anilines is 2. The lowest BCUT2D eigenvalue weighted by Crippen LogP contribution is -2.38. The van der Waals surface area contributed by atoms with Gasteiger partial charge in [0.15, 0.2) is 6.04 Å². The van der Waals surface area contributed by atoms with Crippen LogP contribution in [0.5, 0.6) is 5.75 Å². The Morgan fingerprint density at radius 1 is 1.16 bits per heavy atom. The number of hydrazine groups is 1. The van der Waals surface area contributed by atoms with Crippen LogP contribution in [0.3, 0.4) is 0 Å². The first-order valence-corrected chi connectivity index (χ1v) is 11.9. The fraction of sp³-hybridized carbons (Fsp3) is 0.308. The molecule has 0 spiro atoms. The molecule has 1 saturated heterocycles. The standard InChI is InChI=1S/C26H25F3N6O3/c1-15-22(25(37)35(33(15)2)17-9-5-4-6-10-17)32-24(36)19-14-30-34-21(26(27,28)29)13-20(31-23(19)34)16-8-7-11-18(12-16)38-3/h4-12,14-15,20-21,31H,13H2,1-3H3. The molecule has 2 aliphatic heterocycles. The van der Waals surface area contributed by atoms with Crippen molar-refractivity contribution < 1.29 is 27.5 Å². The molecule has 3 atom stereocenters. The van der Waals surface area contributed by atoms with Gasteiger partial charge < -0.3 is 10.1 Å². The fourth-order valence-electron chi connectivity index (χ4n) is 4.76. The summed E-state index contributed by atoms with van der Waals surface area (Å²) in [5, 5.41) is 9.98. The first-order chi connectivity index (χ1) is 18.1. The van der Waals surface area contributed by atoms with Crippen LogP contribution in [0.2, 0.25) is 0 Å². The van der Waals surface area contributed by atoms with Crippen LogP contribution in [0, 0.1) is 0 Å². The third-order valence-electron chi connectivity index (χ3n) is 6.87. The smallest absolute Gasteiger partial charge is 0.410 e. The molecule has 1 aromatic heterocycles. The number of fused-ring (bicyclic) bond motifs is 1. The number of rotatable bonds is 4. The number of benzene rings is 2. The monoisotopic (exact) mass is 526 g/mol. The highest BCUT2D eigenvalue weighted by Crippen LogP contribution is 2.44. The van der Waals surface area contributed by atoms with Gasteiger partial charge in [-0.25, -0.2) is 19.7 Å². The lowest BCUT2D eigenvalue weighted by molar-refractivity contribution is -0.173. The van der Waals surface area contributed by atoms with Gasteiger partial charge in [-0.05, 0) is 36.8 Å². The maximum absolute atomic E-state index is 14.1. The molecule has 198 valence electrons. The molecule has 0 saturated carbocycles. The minimum absolute atomic E-state index is 0.0196. The molecule has 1 N–H and O–H groups in total. The Morgan fingerprint density at radius 3 is 2.58 bits per heavy atom. The summed E-state index contributed by atoms with van der Waals surface area (Å²) in [4.78, 5) is 30.6. The van der Waals surface area contributed by atoms with Gasteiger partial charge in [-0.1, -0.05) is 30.3 Å². The van der Waals surface area contributed by atoms with Gasteiger partial charge in [0.2, 0.25) is 0 Å². The Bertz CT molecular complexity index is 1400. The molecule has 0 radical (unpaired) electrons. The molecule has 38 heavy (non-hydrogen) atoms. The fourth-order valence-corrected chi connectivity index (χ4v) is 4.76. The summed E-state index contributed by atoms with van der Waals surface area (Å²) in [6.07, 6.45) is -3.88. The van der Waals surface area contributed by atoms with Crippen LogP contribution in [-0.2, 0) is 4.79 Å². The first-order valence-electron chi connectivity index (χ1n) is 11.9. The van der Waals surface area contributed by atoms with Crippen LogP contribution in [-0.4, -0.2) is 58.7 Å². The summed E-state index contributed by atoms with van der Waals surface area (Å²) >= 11 is 0. The van der Waals surface area contributed by atoms with Crippen LogP contribution in [0.15, 0.2) is 65.8 Å². The van der Waals surface area contributed by atoms with Crippen molar-refractivity contribution in [3.8, 4) is 5.75 Å². The number of amides is 2. The summed E-state index contributed by atoms with van der Waals surface area (Å²) in [5.74, 6) is -0.956. The van der Waals surface area contributed by atoms with E-state index in [-0.39, 0.29) is 23.5 Å². The minimum Gasteiger partial charge on any atom is -0.497 e. The van der Waals surface area contributed by atoms with Crippen molar-refractivity contribution in [2.45, 2.75) is 37.6 Å². The summed E-state index contributed by atoms with van der Waals surface area (Å²) in [7, 11) is 3.16. The number of hydrogen-bond acceptors (Lipinski definition) is 6. The summed E-state index contributed by atoms with van der Waals surface area (Å²) in [6, 6.07) is 12.3. The Labute approximate surface area is 216 Å². The number of aliphatic imine (C=N–C) groups is 1. The minimum atomic E-state index is -4.61. The lowest BCUT2D eigenvalue weighted by atomic mass is 9.96. The molecule has 0 bridgehead atoms. The van der Waals surface area contributed by atoms with Gasteiger partial charge in [-0.3, -0.25) is 9.59 Å². The van der Waals surface area contributed by atoms with Crippen molar-refractivity contribution >= 4 is 29.0 Å². The first kappa shape index (κ1) is 25.5. The van der Waals surface area contributed by atoms with E-state index in [2.05, 4.69) is 15.4 Å². The van der Waals surface area contributed by atoms with E-state index in [0.29, 0.717) is 17.0 Å². The van der Waals surface area contributed by atoms with Crippen molar-refractivity contribution in [1.82, 2.24) is 14.8 Å². The maximum atomic E-state index is 14.1. The second-order valence-electron chi connectivity index (χ2n) is 9.12. The summed E-state index contributed by atoms with van der Waals surface area (Å²) < 4.78 is 48.2. The maximum Gasteiger partial charge on any atom is 0.410 e. The normalized spacial score (nSPS) is 22.9. The number of nitrogens with zero attached hydrogens (tertiary/aromatic N) is 5. The zero-order chi connectivity index (χ0) is 27.2. The second kappa shape index (κ2) is 9.60. The van der Waals surface area contributed by atoms with E-state index < -0.39 is 36.1 Å². The number of halogens is 3. The molecule has 1 fully saturated rings. The van der Waals surface area contributed by atoms with Gasteiger partial charge in [0.1, 0.15) is 22.8 Å². The van der Waals surface area contributed by atoms with Crippen molar-refractivity contribution in [1.29, 1.82) is 0 Å². The molecule has 3 heterocycles. The predicted molar refractivity (Wildman–Crippen MR) is 134 cm³/mol. The highest BCUT2D eigenvalue weighted by atomic mass is 19.4. The largest absolute Gasteiger partial charge is 0.497 e. The van der Waals surface area contributed by atoms with Gasteiger partial charge in [-0.15, -0.1) is 0 Å². The third kappa shape index (κ3) is 4.40. The van der Waals surface area contributed by atoms with Crippen LogP contribution in [0.1, 0.15) is 41.3 Å². The van der Waals surface area contributed by atoms with Crippen molar-refractivity contribution in [3.63, 3.8) is 0 Å². The van der Waals surface area contributed by atoms with Crippen molar-refractivity contribution in [2.75, 3.05) is 24.5 Å². The number of nitrogens with one attached hydrogen (secondary N) is 1. The predicted octanol–water partition coefficient (Wildman–Crippen LogP) is 4.42. The number of carbonyl (C=O) groups excluding carboxylic acids is 2. The molecule has 5 rings (SSSR count). The molecule has 2 amide bonds. The van der Waals surface area contributed by atoms with Crippen molar-refractivity contribution in [3.05, 3.63) is 71.9 Å². The highest BCUT2D eigenvalue weighted by molar-refractivity contribution is 6.48. The van der Waals surface area contributed by atoms with E-state index in [0.717, 1.165) is 10.9 Å². The number of methoxy groups -OCH3 is 1. The molecule has 9 nitrogen and oxygen atoms in total.